The van der Waals surface area contributed by atoms with E-state index in [2.05, 4.69) is 0 Å². The largest absolute Gasteiger partial charge is 0.494 e. The average Bonchev–Trinajstić information content (AvgIpc) is 2.57. The van der Waals surface area contributed by atoms with E-state index >= 15 is 0 Å². The van der Waals surface area contributed by atoms with Crippen LogP contribution in [0.15, 0.2) is 12.1 Å². The smallest absolute Gasteiger partial charge is 0.490 e. The Labute approximate surface area is 137 Å². The van der Waals surface area contributed by atoms with E-state index in [9.17, 15) is 0 Å². The number of hydrogen-bond donors (Lipinski definition) is 0. The van der Waals surface area contributed by atoms with E-state index in [1.54, 1.807) is 12.1 Å². The molecule has 0 spiro atoms. The van der Waals surface area contributed by atoms with Crippen LogP contribution in [0.2, 0.25) is 10.0 Å². The molecule has 1 aliphatic rings. The Morgan fingerprint density at radius 2 is 1.52 bits per heavy atom. The second-order valence-electron chi connectivity index (χ2n) is 6.25. The van der Waals surface area contributed by atoms with E-state index in [4.69, 9.17) is 37.2 Å². The lowest BCUT2D eigenvalue weighted by Crippen LogP contribution is -2.41. The third-order valence-corrected chi connectivity index (χ3v) is 4.56. The van der Waals surface area contributed by atoms with Gasteiger partial charge in [-0.3, -0.25) is 0 Å². The van der Waals surface area contributed by atoms with Crippen molar-refractivity contribution in [1.29, 1.82) is 0 Å². The van der Waals surface area contributed by atoms with E-state index in [1.165, 1.54) is 0 Å². The van der Waals surface area contributed by atoms with Gasteiger partial charge < -0.3 is 14.0 Å². The molecule has 0 aromatic heterocycles. The van der Waals surface area contributed by atoms with Crippen molar-refractivity contribution in [3.8, 4) is 5.75 Å². The van der Waals surface area contributed by atoms with Gasteiger partial charge in [0.05, 0.1) is 27.9 Å². The van der Waals surface area contributed by atoms with Crippen LogP contribution < -0.4 is 10.2 Å². The fourth-order valence-corrected chi connectivity index (χ4v) is 2.65. The molecule has 0 aliphatic carbocycles. The van der Waals surface area contributed by atoms with Gasteiger partial charge in [0.2, 0.25) is 0 Å². The summed E-state index contributed by atoms with van der Waals surface area (Å²) in [5.74, 6) is 0.514. The van der Waals surface area contributed by atoms with Crippen LogP contribution in [0.5, 0.6) is 5.75 Å². The predicted molar refractivity (Wildman–Crippen MR) is 88.0 cm³/mol. The lowest BCUT2D eigenvalue weighted by atomic mass is 9.79. The highest BCUT2D eigenvalue weighted by molar-refractivity contribution is 6.63. The number of benzene rings is 1. The SMILES string of the molecule is CCCOc1c(Cl)cc(B2OC(C)(C)C(C)(C)O2)cc1Cl. The van der Waals surface area contributed by atoms with Crippen molar-refractivity contribution in [2.45, 2.75) is 52.2 Å². The molecule has 6 heteroatoms. The van der Waals surface area contributed by atoms with E-state index in [0.717, 1.165) is 11.9 Å². The number of halogens is 2. The van der Waals surface area contributed by atoms with Crippen LogP contribution in [0.1, 0.15) is 41.0 Å². The molecule has 2 rings (SSSR count). The highest BCUT2D eigenvalue weighted by Crippen LogP contribution is 2.38. The first kappa shape index (κ1) is 16.9. The molecule has 1 aromatic rings. The normalized spacial score (nSPS) is 19.9. The fraction of sp³-hybridized carbons (Fsp3) is 0.600. The summed E-state index contributed by atoms with van der Waals surface area (Å²) in [6.45, 7) is 10.6. The summed E-state index contributed by atoms with van der Waals surface area (Å²) in [6, 6.07) is 3.58. The molecule has 0 amide bonds. The average molecular weight is 331 g/mol. The lowest BCUT2D eigenvalue weighted by Gasteiger charge is -2.32. The van der Waals surface area contributed by atoms with Crippen LogP contribution in [0, 0.1) is 0 Å². The van der Waals surface area contributed by atoms with Crippen molar-refractivity contribution in [3.05, 3.63) is 22.2 Å². The van der Waals surface area contributed by atoms with Crippen molar-refractivity contribution in [2.24, 2.45) is 0 Å². The van der Waals surface area contributed by atoms with Crippen LogP contribution >= 0.6 is 23.2 Å². The van der Waals surface area contributed by atoms with Crippen LogP contribution in [0.4, 0.5) is 0 Å². The molecular formula is C15H21BCl2O3. The highest BCUT2D eigenvalue weighted by atomic mass is 35.5. The molecule has 0 atom stereocenters. The maximum atomic E-state index is 6.27. The minimum Gasteiger partial charge on any atom is -0.490 e. The molecule has 1 aliphatic heterocycles. The standard InChI is InChI=1S/C15H21BCl2O3/c1-6-7-19-13-11(17)8-10(9-12(13)18)16-20-14(2,3)15(4,5)21-16/h8-9H,6-7H2,1-5H3. The van der Waals surface area contributed by atoms with Gasteiger partial charge in [0.1, 0.15) is 0 Å². The first-order valence-electron chi connectivity index (χ1n) is 7.15. The minimum absolute atomic E-state index is 0.395. The molecular weight excluding hydrogens is 310 g/mol. The molecule has 116 valence electrons. The molecule has 0 bridgehead atoms. The van der Waals surface area contributed by atoms with Crippen LogP contribution in [-0.4, -0.2) is 24.9 Å². The summed E-state index contributed by atoms with van der Waals surface area (Å²) < 4.78 is 17.6. The number of ether oxygens (including phenoxy) is 1. The van der Waals surface area contributed by atoms with E-state index in [1.807, 2.05) is 34.6 Å². The summed E-state index contributed by atoms with van der Waals surface area (Å²) in [7, 11) is -0.481. The maximum Gasteiger partial charge on any atom is 0.494 e. The van der Waals surface area contributed by atoms with Crippen molar-refractivity contribution in [2.75, 3.05) is 6.61 Å². The van der Waals surface area contributed by atoms with Crippen LogP contribution in [0.3, 0.4) is 0 Å². The molecule has 3 nitrogen and oxygen atoms in total. The summed E-state index contributed by atoms with van der Waals surface area (Å²) >= 11 is 12.5. The van der Waals surface area contributed by atoms with Gasteiger partial charge in [-0.1, -0.05) is 30.1 Å². The molecule has 0 N–H and O–H groups in total. The third kappa shape index (κ3) is 3.34. The first-order valence-corrected chi connectivity index (χ1v) is 7.91. The molecule has 21 heavy (non-hydrogen) atoms. The van der Waals surface area contributed by atoms with Gasteiger partial charge in [-0.25, -0.2) is 0 Å². The Morgan fingerprint density at radius 1 is 1.05 bits per heavy atom. The molecule has 1 fully saturated rings. The zero-order chi connectivity index (χ0) is 15.8. The molecule has 0 radical (unpaired) electrons. The van der Waals surface area contributed by atoms with Gasteiger partial charge in [-0.05, 0) is 51.7 Å². The minimum atomic E-state index is -0.481. The molecule has 0 saturated carbocycles. The van der Waals surface area contributed by atoms with E-state index in [0.29, 0.717) is 22.4 Å². The molecule has 1 aromatic carbocycles. The monoisotopic (exact) mass is 330 g/mol. The van der Waals surface area contributed by atoms with Gasteiger partial charge >= 0.3 is 7.12 Å². The Morgan fingerprint density at radius 3 is 1.95 bits per heavy atom. The fourth-order valence-electron chi connectivity index (χ4n) is 2.04. The summed E-state index contributed by atoms with van der Waals surface area (Å²) in [6.07, 6.45) is 0.894. The maximum absolute atomic E-state index is 6.27. The first-order chi connectivity index (χ1) is 9.68. The van der Waals surface area contributed by atoms with Gasteiger partial charge in [-0.2, -0.15) is 0 Å². The molecule has 1 saturated heterocycles. The second-order valence-corrected chi connectivity index (χ2v) is 7.06. The zero-order valence-electron chi connectivity index (χ0n) is 13.1. The van der Waals surface area contributed by atoms with Gasteiger partial charge in [0.15, 0.2) is 5.75 Å². The lowest BCUT2D eigenvalue weighted by molar-refractivity contribution is 0.00578. The summed E-state index contributed by atoms with van der Waals surface area (Å²) in [4.78, 5) is 0. The topological polar surface area (TPSA) is 27.7 Å². The van der Waals surface area contributed by atoms with Crippen LogP contribution in [-0.2, 0) is 9.31 Å². The highest BCUT2D eigenvalue weighted by Gasteiger charge is 2.51. The van der Waals surface area contributed by atoms with Crippen molar-refractivity contribution >= 4 is 35.8 Å². The zero-order valence-corrected chi connectivity index (χ0v) is 14.6. The summed E-state index contributed by atoms with van der Waals surface area (Å²) in [5, 5.41) is 0.946. The molecule has 0 unspecified atom stereocenters. The van der Waals surface area contributed by atoms with Crippen molar-refractivity contribution < 1.29 is 14.0 Å². The quantitative estimate of drug-likeness (QED) is 0.778. The van der Waals surface area contributed by atoms with Gasteiger partial charge in [0, 0.05) is 0 Å². The Kier molecular flexibility index (Phi) is 4.84. The third-order valence-electron chi connectivity index (χ3n) is 4.00. The van der Waals surface area contributed by atoms with E-state index in [-0.39, 0.29) is 0 Å². The van der Waals surface area contributed by atoms with Crippen LogP contribution in [0.25, 0.3) is 0 Å². The van der Waals surface area contributed by atoms with Crippen molar-refractivity contribution in [1.82, 2.24) is 0 Å². The number of hydrogen-bond acceptors (Lipinski definition) is 3. The Balaban J connectivity index is 2.27. The molecule has 1 heterocycles. The predicted octanol–water partition coefficient (Wildman–Crippen LogP) is 4.08. The Bertz CT molecular complexity index is 493. The van der Waals surface area contributed by atoms with E-state index < -0.39 is 18.3 Å². The second kappa shape index (κ2) is 6.00. The van der Waals surface area contributed by atoms with Gasteiger partial charge in [0.25, 0.3) is 0 Å². The summed E-state index contributed by atoms with van der Waals surface area (Å²) in [5.41, 5.74) is 0.00893. The van der Waals surface area contributed by atoms with Crippen molar-refractivity contribution in [3.63, 3.8) is 0 Å². The number of rotatable bonds is 4. The Hall–Kier alpha value is -0.415. The van der Waals surface area contributed by atoms with Gasteiger partial charge in [-0.15, -0.1) is 0 Å².